The highest BCUT2D eigenvalue weighted by Gasteiger charge is 2.33. The number of hydrogen-bond acceptors (Lipinski definition) is 3. The van der Waals surface area contributed by atoms with E-state index in [0.29, 0.717) is 27.8 Å². The normalized spacial score (nSPS) is 15.1. The maximum Gasteiger partial charge on any atom is 0.259 e. The maximum absolute atomic E-state index is 13.7. The van der Waals surface area contributed by atoms with Gasteiger partial charge in [-0.15, -0.1) is 0 Å². The molecule has 4 aromatic rings. The van der Waals surface area contributed by atoms with Crippen molar-refractivity contribution in [3.63, 3.8) is 0 Å². The fourth-order valence-electron chi connectivity index (χ4n) is 3.97. The van der Waals surface area contributed by atoms with E-state index in [9.17, 15) is 14.0 Å². The molecule has 0 aliphatic carbocycles. The predicted octanol–water partition coefficient (Wildman–Crippen LogP) is 4.97. The molecule has 2 N–H and O–H groups in total. The molecular formula is C24H17FN2O3. The fourth-order valence-corrected chi connectivity index (χ4v) is 3.97. The van der Waals surface area contributed by atoms with Crippen LogP contribution < -0.4 is 10.6 Å². The number of amides is 2. The van der Waals surface area contributed by atoms with Crippen molar-refractivity contribution in [3.05, 3.63) is 101 Å². The van der Waals surface area contributed by atoms with Crippen molar-refractivity contribution in [1.82, 2.24) is 5.32 Å². The van der Waals surface area contributed by atoms with Crippen molar-refractivity contribution in [3.8, 4) is 0 Å². The third-order valence-corrected chi connectivity index (χ3v) is 5.44. The third kappa shape index (κ3) is 2.85. The summed E-state index contributed by atoms with van der Waals surface area (Å²) >= 11 is 0. The first-order chi connectivity index (χ1) is 14.5. The van der Waals surface area contributed by atoms with Crippen LogP contribution in [-0.4, -0.2) is 11.8 Å². The molecule has 5 rings (SSSR count). The Balaban J connectivity index is 1.57. The molecule has 0 bridgehead atoms. The van der Waals surface area contributed by atoms with Gasteiger partial charge in [-0.1, -0.05) is 30.3 Å². The Kier molecular flexibility index (Phi) is 4.13. The molecule has 1 aliphatic rings. The van der Waals surface area contributed by atoms with Crippen LogP contribution in [0.2, 0.25) is 0 Å². The van der Waals surface area contributed by atoms with Crippen LogP contribution in [0.5, 0.6) is 0 Å². The van der Waals surface area contributed by atoms with Crippen LogP contribution in [0.3, 0.4) is 0 Å². The lowest BCUT2D eigenvalue weighted by molar-refractivity contribution is 0.0959. The lowest BCUT2D eigenvalue weighted by Crippen LogP contribution is -2.21. The summed E-state index contributed by atoms with van der Waals surface area (Å²) in [6, 6.07) is 16.7. The molecule has 0 fully saturated rings. The summed E-state index contributed by atoms with van der Waals surface area (Å²) in [6.45, 7) is 1.98. The van der Waals surface area contributed by atoms with Gasteiger partial charge in [0.1, 0.15) is 17.7 Å². The van der Waals surface area contributed by atoms with Gasteiger partial charge >= 0.3 is 0 Å². The quantitative estimate of drug-likeness (QED) is 0.510. The smallest absolute Gasteiger partial charge is 0.259 e. The van der Waals surface area contributed by atoms with E-state index in [1.54, 1.807) is 18.2 Å². The molecule has 1 aliphatic heterocycles. The molecule has 0 saturated carbocycles. The van der Waals surface area contributed by atoms with Crippen LogP contribution in [0.25, 0.3) is 11.0 Å². The van der Waals surface area contributed by atoms with Gasteiger partial charge in [0.05, 0.1) is 11.6 Å². The van der Waals surface area contributed by atoms with Crippen molar-refractivity contribution in [1.29, 1.82) is 0 Å². The Morgan fingerprint density at radius 2 is 1.93 bits per heavy atom. The predicted molar refractivity (Wildman–Crippen MR) is 111 cm³/mol. The minimum atomic E-state index is -0.451. The summed E-state index contributed by atoms with van der Waals surface area (Å²) in [5.74, 6) is -1.08. The average molecular weight is 400 g/mol. The first kappa shape index (κ1) is 18.1. The Bertz CT molecular complexity index is 1330. The highest BCUT2D eigenvalue weighted by Crippen LogP contribution is 2.37. The van der Waals surface area contributed by atoms with Crippen molar-refractivity contribution in [2.45, 2.75) is 13.0 Å². The monoisotopic (exact) mass is 400 g/mol. The highest BCUT2D eigenvalue weighted by molar-refractivity contribution is 6.13. The minimum absolute atomic E-state index is 0.190. The van der Waals surface area contributed by atoms with Gasteiger partial charge in [-0.2, -0.15) is 0 Å². The maximum atomic E-state index is 13.7. The number of aryl methyl sites for hydroxylation is 1. The molecule has 1 atom stereocenters. The molecule has 6 heteroatoms. The van der Waals surface area contributed by atoms with Crippen LogP contribution >= 0.6 is 0 Å². The Labute approximate surface area is 171 Å². The largest absolute Gasteiger partial charge is 0.463 e. The number of fused-ring (bicyclic) bond motifs is 2. The minimum Gasteiger partial charge on any atom is -0.463 e. The van der Waals surface area contributed by atoms with Crippen molar-refractivity contribution in [2.75, 3.05) is 5.32 Å². The van der Waals surface area contributed by atoms with Gasteiger partial charge in [0, 0.05) is 22.2 Å². The van der Waals surface area contributed by atoms with Gasteiger partial charge in [0.2, 0.25) is 0 Å². The number of carbonyl (C=O) groups is 2. The Morgan fingerprint density at radius 3 is 2.77 bits per heavy atom. The molecule has 0 radical (unpaired) electrons. The number of halogens is 1. The van der Waals surface area contributed by atoms with Gasteiger partial charge in [-0.05, 0) is 48.4 Å². The molecule has 148 valence electrons. The summed E-state index contributed by atoms with van der Waals surface area (Å²) in [7, 11) is 0. The molecule has 2 heterocycles. The SMILES string of the molecule is Cc1ccccc1C1NC(=O)c2cccc(NC(=O)c3coc4ccc(F)cc34)c21. The average Bonchev–Trinajstić information content (AvgIpc) is 3.30. The van der Waals surface area contributed by atoms with Crippen molar-refractivity contribution >= 4 is 28.5 Å². The van der Waals surface area contributed by atoms with Gasteiger partial charge in [-0.25, -0.2) is 4.39 Å². The third-order valence-electron chi connectivity index (χ3n) is 5.44. The molecular weight excluding hydrogens is 383 g/mol. The van der Waals surface area contributed by atoms with E-state index >= 15 is 0 Å². The lowest BCUT2D eigenvalue weighted by Gasteiger charge is -2.18. The Morgan fingerprint density at radius 1 is 1.10 bits per heavy atom. The number of hydrogen-bond donors (Lipinski definition) is 2. The molecule has 1 unspecified atom stereocenters. The number of rotatable bonds is 3. The summed E-state index contributed by atoms with van der Waals surface area (Å²) in [4.78, 5) is 25.6. The van der Waals surface area contributed by atoms with E-state index in [0.717, 1.165) is 11.1 Å². The van der Waals surface area contributed by atoms with Gasteiger partial charge in [0.15, 0.2) is 0 Å². The van der Waals surface area contributed by atoms with Crippen LogP contribution in [0.4, 0.5) is 10.1 Å². The van der Waals surface area contributed by atoms with Crippen LogP contribution in [0.1, 0.15) is 43.4 Å². The molecule has 30 heavy (non-hydrogen) atoms. The van der Waals surface area contributed by atoms with E-state index in [-0.39, 0.29) is 17.5 Å². The zero-order chi connectivity index (χ0) is 20.8. The van der Waals surface area contributed by atoms with E-state index in [2.05, 4.69) is 10.6 Å². The van der Waals surface area contributed by atoms with Gasteiger partial charge in [-0.3, -0.25) is 9.59 Å². The molecule has 0 saturated heterocycles. The van der Waals surface area contributed by atoms with Gasteiger partial charge < -0.3 is 15.1 Å². The summed E-state index contributed by atoms with van der Waals surface area (Å²) < 4.78 is 19.0. The number of furan rings is 1. The van der Waals surface area contributed by atoms with Crippen LogP contribution in [0, 0.1) is 12.7 Å². The second kappa shape index (κ2) is 6.84. The van der Waals surface area contributed by atoms with Gasteiger partial charge in [0.25, 0.3) is 11.8 Å². The van der Waals surface area contributed by atoms with Crippen LogP contribution in [0.15, 0.2) is 71.3 Å². The van der Waals surface area contributed by atoms with E-state index in [4.69, 9.17) is 4.42 Å². The van der Waals surface area contributed by atoms with Crippen molar-refractivity contribution < 1.29 is 18.4 Å². The van der Waals surface area contributed by atoms with E-state index < -0.39 is 11.7 Å². The van der Waals surface area contributed by atoms with E-state index in [1.807, 2.05) is 31.2 Å². The second-order valence-electron chi connectivity index (χ2n) is 7.27. The number of nitrogens with one attached hydrogen (secondary N) is 2. The van der Waals surface area contributed by atoms with Crippen LogP contribution in [-0.2, 0) is 0 Å². The standard InChI is InChI=1S/C24H17FN2O3/c1-13-5-2-3-6-15(13)22-21-16(23(28)27-22)7-4-8-19(21)26-24(29)18-12-30-20-10-9-14(25)11-17(18)20/h2-12,22H,1H3,(H,26,29)(H,27,28). The molecule has 1 aromatic heterocycles. The molecule has 3 aromatic carbocycles. The van der Waals surface area contributed by atoms with Crippen molar-refractivity contribution in [2.24, 2.45) is 0 Å². The summed E-state index contributed by atoms with van der Waals surface area (Å²) in [5, 5.41) is 6.28. The number of benzene rings is 3. The topological polar surface area (TPSA) is 71.3 Å². The number of anilines is 1. The van der Waals surface area contributed by atoms with E-state index in [1.165, 1.54) is 24.5 Å². The zero-order valence-corrected chi connectivity index (χ0v) is 16.0. The lowest BCUT2D eigenvalue weighted by atomic mass is 9.93. The summed E-state index contributed by atoms with van der Waals surface area (Å²) in [6.07, 6.45) is 1.31. The molecule has 2 amide bonds. The Hall–Kier alpha value is -3.93. The fraction of sp³-hybridized carbons (Fsp3) is 0.0833. The highest BCUT2D eigenvalue weighted by atomic mass is 19.1. The molecule has 5 nitrogen and oxygen atoms in total. The zero-order valence-electron chi connectivity index (χ0n) is 16.0. The second-order valence-corrected chi connectivity index (χ2v) is 7.27. The number of carbonyl (C=O) groups excluding carboxylic acids is 2. The first-order valence-electron chi connectivity index (χ1n) is 9.50. The molecule has 0 spiro atoms. The summed E-state index contributed by atoms with van der Waals surface area (Å²) in [5.41, 5.74) is 4.40. The first-order valence-corrected chi connectivity index (χ1v) is 9.50.